The zero-order valence-corrected chi connectivity index (χ0v) is 29.3. The number of aliphatic hydroxyl groups is 1. The molecule has 0 fully saturated rings. The van der Waals surface area contributed by atoms with E-state index in [0.717, 1.165) is 38.2 Å². The third-order valence-corrected chi connectivity index (χ3v) is 8.67. The summed E-state index contributed by atoms with van der Waals surface area (Å²) in [5.74, 6) is -1.54. The van der Waals surface area contributed by atoms with E-state index in [-0.39, 0.29) is 5.56 Å². The first-order chi connectivity index (χ1) is 21.9. The Morgan fingerprint density at radius 2 is 0.870 bits per heavy atom. The van der Waals surface area contributed by atoms with Crippen molar-refractivity contribution in [3.63, 3.8) is 0 Å². The molecular formula is C33H58O11S2. The number of rotatable bonds is 30. The van der Waals surface area contributed by atoms with Crippen LogP contribution < -0.4 is 8.37 Å². The van der Waals surface area contributed by atoms with E-state index in [1.165, 1.54) is 122 Å². The van der Waals surface area contributed by atoms with Gasteiger partial charge in [-0.15, -0.1) is 0 Å². The maximum absolute atomic E-state index is 11.7. The Morgan fingerprint density at radius 1 is 0.565 bits per heavy atom. The van der Waals surface area contributed by atoms with E-state index in [2.05, 4.69) is 8.37 Å². The van der Waals surface area contributed by atoms with Crippen LogP contribution in [-0.4, -0.2) is 43.6 Å². The highest BCUT2D eigenvalue weighted by atomic mass is 32.3. The zero-order valence-electron chi connectivity index (χ0n) is 27.7. The molecule has 1 unspecified atom stereocenters. The highest BCUT2D eigenvalue weighted by molar-refractivity contribution is 7.81. The van der Waals surface area contributed by atoms with Gasteiger partial charge in [0.05, 0.1) is 0 Å². The van der Waals surface area contributed by atoms with Gasteiger partial charge in [-0.1, -0.05) is 128 Å². The summed E-state index contributed by atoms with van der Waals surface area (Å²) in [5, 5.41) is 8.79. The van der Waals surface area contributed by atoms with Gasteiger partial charge in [-0.3, -0.25) is 13.9 Å². The van der Waals surface area contributed by atoms with Crippen LogP contribution in [0, 0.1) is 0 Å². The molecule has 1 rings (SSSR count). The van der Waals surface area contributed by atoms with Crippen molar-refractivity contribution in [2.24, 2.45) is 0 Å². The molecule has 0 radical (unpaired) electrons. The van der Waals surface area contributed by atoms with Crippen LogP contribution in [0.25, 0.3) is 0 Å². The second-order valence-electron chi connectivity index (χ2n) is 12.1. The minimum atomic E-state index is -4.93. The second kappa shape index (κ2) is 25.1. The third kappa shape index (κ3) is 25.2. The van der Waals surface area contributed by atoms with Crippen molar-refractivity contribution in [1.82, 2.24) is 0 Å². The molecule has 1 aromatic carbocycles. The van der Waals surface area contributed by atoms with E-state index in [1.54, 1.807) is 0 Å². The largest absolute Gasteiger partial charge is 0.458 e. The molecule has 11 nitrogen and oxygen atoms in total. The average molecular weight is 695 g/mol. The van der Waals surface area contributed by atoms with Crippen molar-refractivity contribution >= 4 is 26.8 Å². The molecule has 13 heteroatoms. The van der Waals surface area contributed by atoms with E-state index < -0.39 is 44.4 Å². The molecule has 0 aromatic heterocycles. The number of hydrogen-bond donors (Lipinski definition) is 3. The molecule has 1 aromatic rings. The van der Waals surface area contributed by atoms with Crippen LogP contribution in [0.5, 0.6) is 11.5 Å². The maximum Gasteiger partial charge on any atom is 0.446 e. The van der Waals surface area contributed by atoms with Gasteiger partial charge in [0.2, 0.25) is 0 Å². The minimum Gasteiger partial charge on any atom is -0.458 e. The van der Waals surface area contributed by atoms with Crippen LogP contribution in [0.3, 0.4) is 0 Å². The first-order valence-corrected chi connectivity index (χ1v) is 19.9. The van der Waals surface area contributed by atoms with Crippen LogP contribution in [0.1, 0.15) is 166 Å². The highest BCUT2D eigenvalue weighted by Crippen LogP contribution is 2.33. The topological polar surface area (TPSA) is 174 Å². The van der Waals surface area contributed by atoms with E-state index in [4.69, 9.17) is 18.9 Å². The number of hydrogen-bond acceptors (Lipinski definition) is 9. The molecule has 1 atom stereocenters. The summed E-state index contributed by atoms with van der Waals surface area (Å²) < 4.78 is 77.0. The normalized spacial score (nSPS) is 12.6. The predicted octanol–water partition coefficient (Wildman–Crippen LogP) is 8.62. The molecule has 268 valence electrons. The molecule has 0 aliphatic heterocycles. The lowest BCUT2D eigenvalue weighted by Crippen LogP contribution is -2.12. The molecule has 0 amide bonds. The van der Waals surface area contributed by atoms with Crippen LogP contribution >= 0.6 is 0 Å². The van der Waals surface area contributed by atoms with E-state index in [0.29, 0.717) is 19.4 Å². The fraction of sp³-hybridized carbons (Fsp3) is 0.788. The predicted molar refractivity (Wildman–Crippen MR) is 179 cm³/mol. The van der Waals surface area contributed by atoms with Crippen molar-refractivity contribution in [2.45, 2.75) is 161 Å². The van der Waals surface area contributed by atoms with Crippen molar-refractivity contribution < 1.29 is 48.9 Å². The molecule has 0 saturated carbocycles. The molecule has 0 heterocycles. The molecule has 0 aliphatic carbocycles. The number of unbranched alkanes of at least 4 members (excludes halogenated alkanes) is 21. The Bertz CT molecular complexity index is 1100. The Kier molecular flexibility index (Phi) is 23.0. The van der Waals surface area contributed by atoms with Gasteiger partial charge in [0.1, 0.15) is 17.6 Å². The van der Waals surface area contributed by atoms with E-state index in [9.17, 15) is 21.6 Å². The Balaban J connectivity index is 2.19. The molecule has 3 N–H and O–H groups in total. The number of benzene rings is 1. The Morgan fingerprint density at radius 3 is 1.15 bits per heavy atom. The average Bonchev–Trinajstić information content (AvgIpc) is 2.94. The van der Waals surface area contributed by atoms with Crippen LogP contribution in [0.4, 0.5) is 0 Å². The second-order valence-corrected chi connectivity index (χ2v) is 14.2. The Hall–Kier alpha value is -1.93. The summed E-state index contributed by atoms with van der Waals surface area (Å²) in [6.45, 7) is 1.54. The minimum absolute atomic E-state index is 0.183. The number of carbonyl (C=O) groups is 1. The van der Waals surface area contributed by atoms with Gasteiger partial charge in [-0.25, -0.2) is 0 Å². The van der Waals surface area contributed by atoms with Gasteiger partial charge in [0.25, 0.3) is 0 Å². The van der Waals surface area contributed by atoms with Crippen LogP contribution in [0.2, 0.25) is 0 Å². The van der Waals surface area contributed by atoms with E-state index in [1.807, 2.05) is 0 Å². The molecule has 46 heavy (non-hydrogen) atoms. The molecule has 0 saturated heterocycles. The standard InChI is InChI=1S/C33H58O11S2/c1-29(35)42-33(30-26-31(43-45(36,37)38)28-32(27-30)44-46(39,40)41)24-22-20-18-16-14-12-10-8-6-4-2-3-5-7-9-11-13-15-17-19-21-23-25-34/h26-28,33-34H,2-25H2,1H3,(H,36,37,38)(H,39,40,41). The quantitative estimate of drug-likeness (QED) is 0.0399. The van der Waals surface area contributed by atoms with Gasteiger partial charge in [0, 0.05) is 19.6 Å². The van der Waals surface area contributed by atoms with Gasteiger partial charge >= 0.3 is 26.8 Å². The summed E-state index contributed by atoms with van der Waals surface area (Å²) in [5.41, 5.74) is 0.183. The van der Waals surface area contributed by atoms with Gasteiger partial charge in [-0.2, -0.15) is 16.8 Å². The Labute approximate surface area is 277 Å². The number of carbonyl (C=O) groups excluding carboxylic acids is 1. The van der Waals surface area contributed by atoms with Gasteiger partial charge in [0.15, 0.2) is 0 Å². The lowest BCUT2D eigenvalue weighted by molar-refractivity contribution is -0.147. The van der Waals surface area contributed by atoms with Crippen molar-refractivity contribution in [1.29, 1.82) is 0 Å². The monoisotopic (exact) mass is 694 g/mol. The molecular weight excluding hydrogens is 636 g/mol. The molecule has 0 spiro atoms. The van der Waals surface area contributed by atoms with Crippen LogP contribution in [-0.2, 0) is 30.3 Å². The number of aliphatic hydroxyl groups excluding tert-OH is 1. The van der Waals surface area contributed by atoms with E-state index >= 15 is 0 Å². The maximum atomic E-state index is 11.7. The number of esters is 1. The van der Waals surface area contributed by atoms with Crippen LogP contribution in [0.15, 0.2) is 18.2 Å². The van der Waals surface area contributed by atoms with Gasteiger partial charge < -0.3 is 18.2 Å². The SMILES string of the molecule is CC(=O)OC(CCCCCCCCCCCCCCCCCCCCCCCCO)c1cc(OS(=O)(=O)O)cc(OS(=O)(=O)O)c1. The summed E-state index contributed by atoms with van der Waals surface area (Å²) in [7, 11) is -9.86. The third-order valence-electron chi connectivity index (χ3n) is 7.86. The number of ether oxygens (including phenoxy) is 1. The van der Waals surface area contributed by atoms with Gasteiger partial charge in [-0.05, 0) is 37.0 Å². The first kappa shape index (κ1) is 42.1. The molecule has 0 aliphatic rings. The zero-order chi connectivity index (χ0) is 34.1. The summed E-state index contributed by atoms with van der Waals surface area (Å²) >= 11 is 0. The first-order valence-electron chi connectivity index (χ1n) is 17.2. The lowest BCUT2D eigenvalue weighted by atomic mass is 10.0. The van der Waals surface area contributed by atoms with Crippen molar-refractivity contribution in [3.05, 3.63) is 23.8 Å². The summed E-state index contributed by atoms with van der Waals surface area (Å²) in [6, 6.07) is 3.23. The fourth-order valence-electron chi connectivity index (χ4n) is 5.59. The highest BCUT2D eigenvalue weighted by Gasteiger charge is 2.20. The van der Waals surface area contributed by atoms with Crippen molar-refractivity contribution in [2.75, 3.05) is 6.61 Å². The summed E-state index contributed by atoms with van der Waals surface area (Å²) in [6.07, 6.45) is 26.3. The van der Waals surface area contributed by atoms with Crippen molar-refractivity contribution in [3.8, 4) is 11.5 Å². The fourth-order valence-corrected chi connectivity index (χ4v) is 6.27. The lowest BCUT2D eigenvalue weighted by Gasteiger charge is -2.19. The smallest absolute Gasteiger partial charge is 0.446 e. The summed E-state index contributed by atoms with van der Waals surface area (Å²) in [4.78, 5) is 11.7. The molecule has 0 bridgehead atoms.